The quantitative estimate of drug-likeness (QED) is 0.942. The summed E-state index contributed by atoms with van der Waals surface area (Å²) in [6, 6.07) is 6.53. The van der Waals surface area contributed by atoms with Gasteiger partial charge in [0.05, 0.1) is 11.7 Å². The van der Waals surface area contributed by atoms with Crippen molar-refractivity contribution in [2.45, 2.75) is 52.1 Å². The molecule has 0 unspecified atom stereocenters. The Bertz CT molecular complexity index is 647. The first-order valence-corrected chi connectivity index (χ1v) is 7.85. The van der Waals surface area contributed by atoms with Gasteiger partial charge in [-0.25, -0.2) is 0 Å². The number of nitrogens with one attached hydrogen (secondary N) is 1. The minimum atomic E-state index is 0.0697. The van der Waals surface area contributed by atoms with E-state index in [1.54, 1.807) is 4.68 Å². The normalized spacial score (nSPS) is 22.4. The Morgan fingerprint density at radius 1 is 1.38 bits per heavy atom. The molecular weight excluding hydrogens is 262 g/mol. The van der Waals surface area contributed by atoms with Gasteiger partial charge < -0.3 is 5.32 Å². The van der Waals surface area contributed by atoms with Crippen molar-refractivity contribution in [1.82, 2.24) is 15.1 Å². The van der Waals surface area contributed by atoms with Crippen molar-refractivity contribution in [3.63, 3.8) is 0 Å². The van der Waals surface area contributed by atoms with E-state index in [2.05, 4.69) is 42.5 Å². The number of amides is 1. The molecular formula is C17H23N3O. The average Bonchev–Trinajstić information content (AvgIpc) is 2.84. The maximum atomic E-state index is 12.3. The van der Waals surface area contributed by atoms with Crippen molar-refractivity contribution in [2.75, 3.05) is 0 Å². The molecule has 1 N–H and O–H groups in total. The van der Waals surface area contributed by atoms with Gasteiger partial charge in [0.25, 0.3) is 0 Å². The van der Waals surface area contributed by atoms with Crippen molar-refractivity contribution < 1.29 is 4.79 Å². The molecule has 1 aromatic carbocycles. The summed E-state index contributed by atoms with van der Waals surface area (Å²) < 4.78 is 1.80. The Morgan fingerprint density at radius 2 is 2.19 bits per heavy atom. The summed E-state index contributed by atoms with van der Waals surface area (Å²) in [5.41, 5.74) is 2.22. The number of carbonyl (C=O) groups excluding carboxylic acids is 1. The van der Waals surface area contributed by atoms with Gasteiger partial charge in [0.1, 0.15) is 6.54 Å². The van der Waals surface area contributed by atoms with Crippen molar-refractivity contribution in [2.24, 2.45) is 5.92 Å². The minimum Gasteiger partial charge on any atom is -0.351 e. The molecule has 0 radical (unpaired) electrons. The predicted molar refractivity (Wildman–Crippen MR) is 84.0 cm³/mol. The molecule has 1 amide bonds. The van der Waals surface area contributed by atoms with Gasteiger partial charge in [0.2, 0.25) is 5.91 Å². The second kappa shape index (κ2) is 5.88. The van der Waals surface area contributed by atoms with Crippen LogP contribution in [0, 0.1) is 12.8 Å². The number of hydrogen-bond donors (Lipinski definition) is 1. The number of nitrogens with zero attached hydrogens (tertiary/aromatic N) is 2. The Hall–Kier alpha value is -1.84. The maximum Gasteiger partial charge on any atom is 0.241 e. The third-order valence-electron chi connectivity index (χ3n) is 4.55. The SMILES string of the molecule is Cc1ccc2cnn(CC(=O)N[C@H]3CCCC[C@H]3C)c2c1. The summed E-state index contributed by atoms with van der Waals surface area (Å²) in [7, 11) is 0. The smallest absolute Gasteiger partial charge is 0.241 e. The molecule has 2 aromatic rings. The summed E-state index contributed by atoms with van der Waals surface area (Å²) in [4.78, 5) is 12.3. The van der Waals surface area contributed by atoms with E-state index in [1.807, 2.05) is 6.20 Å². The van der Waals surface area contributed by atoms with E-state index in [9.17, 15) is 4.79 Å². The number of fused-ring (bicyclic) bond motifs is 1. The van der Waals surface area contributed by atoms with Crippen LogP contribution in [0.2, 0.25) is 0 Å². The number of carbonyl (C=O) groups is 1. The van der Waals surface area contributed by atoms with E-state index in [1.165, 1.54) is 24.8 Å². The number of hydrogen-bond acceptors (Lipinski definition) is 2. The Kier molecular flexibility index (Phi) is 3.95. The van der Waals surface area contributed by atoms with Crippen molar-refractivity contribution in [3.05, 3.63) is 30.0 Å². The fourth-order valence-corrected chi connectivity index (χ4v) is 3.23. The summed E-state index contributed by atoms with van der Waals surface area (Å²) in [6.45, 7) is 4.59. The Labute approximate surface area is 125 Å². The molecule has 21 heavy (non-hydrogen) atoms. The van der Waals surface area contributed by atoms with Crippen LogP contribution in [0.15, 0.2) is 24.4 Å². The molecule has 1 fully saturated rings. The van der Waals surface area contributed by atoms with Gasteiger partial charge in [-0.1, -0.05) is 31.9 Å². The van der Waals surface area contributed by atoms with Gasteiger partial charge in [-0.3, -0.25) is 9.48 Å². The maximum absolute atomic E-state index is 12.3. The summed E-state index contributed by atoms with van der Waals surface area (Å²) >= 11 is 0. The topological polar surface area (TPSA) is 46.9 Å². The van der Waals surface area contributed by atoms with E-state index in [4.69, 9.17) is 0 Å². The summed E-state index contributed by atoms with van der Waals surface area (Å²) in [5.74, 6) is 0.652. The fraction of sp³-hybridized carbons (Fsp3) is 0.529. The predicted octanol–water partition coefficient (Wildman–Crippen LogP) is 3.04. The van der Waals surface area contributed by atoms with Crippen LogP contribution in [-0.2, 0) is 11.3 Å². The van der Waals surface area contributed by atoms with Crippen LogP contribution in [0.25, 0.3) is 10.9 Å². The van der Waals surface area contributed by atoms with Crippen LogP contribution in [0.1, 0.15) is 38.2 Å². The van der Waals surface area contributed by atoms with E-state index >= 15 is 0 Å². The molecule has 1 aliphatic rings. The Balaban J connectivity index is 1.70. The third-order valence-corrected chi connectivity index (χ3v) is 4.55. The number of rotatable bonds is 3. The average molecular weight is 285 g/mol. The first-order valence-electron chi connectivity index (χ1n) is 7.85. The zero-order valence-corrected chi connectivity index (χ0v) is 12.8. The Morgan fingerprint density at radius 3 is 3.00 bits per heavy atom. The van der Waals surface area contributed by atoms with Crippen LogP contribution in [0.5, 0.6) is 0 Å². The standard InChI is InChI=1S/C17H23N3O/c1-12-7-8-14-10-18-20(16(14)9-12)11-17(21)19-15-6-4-3-5-13(15)2/h7-10,13,15H,3-6,11H2,1-2H3,(H,19,21)/t13-,15+/m1/s1. The molecule has 1 aromatic heterocycles. The van der Waals surface area contributed by atoms with Crippen LogP contribution in [0.3, 0.4) is 0 Å². The highest BCUT2D eigenvalue weighted by Gasteiger charge is 2.23. The molecule has 0 spiro atoms. The van der Waals surface area contributed by atoms with Gasteiger partial charge in [0.15, 0.2) is 0 Å². The van der Waals surface area contributed by atoms with Crippen molar-refractivity contribution in [3.8, 4) is 0 Å². The van der Waals surface area contributed by atoms with Gasteiger partial charge in [0, 0.05) is 11.4 Å². The van der Waals surface area contributed by atoms with Gasteiger partial charge >= 0.3 is 0 Å². The molecule has 112 valence electrons. The molecule has 0 bridgehead atoms. The number of aromatic nitrogens is 2. The van der Waals surface area contributed by atoms with E-state index in [-0.39, 0.29) is 5.91 Å². The van der Waals surface area contributed by atoms with Gasteiger partial charge in [-0.15, -0.1) is 0 Å². The van der Waals surface area contributed by atoms with Crippen LogP contribution in [0.4, 0.5) is 0 Å². The van der Waals surface area contributed by atoms with Gasteiger partial charge in [-0.2, -0.15) is 5.10 Å². The summed E-state index contributed by atoms with van der Waals surface area (Å²) in [6.07, 6.45) is 6.65. The lowest BCUT2D eigenvalue weighted by Crippen LogP contribution is -2.42. The number of aryl methyl sites for hydroxylation is 1. The van der Waals surface area contributed by atoms with E-state index < -0.39 is 0 Å². The van der Waals surface area contributed by atoms with Crippen LogP contribution >= 0.6 is 0 Å². The minimum absolute atomic E-state index is 0.0697. The molecule has 1 saturated carbocycles. The highest BCUT2D eigenvalue weighted by molar-refractivity contribution is 5.82. The zero-order chi connectivity index (χ0) is 14.8. The van der Waals surface area contributed by atoms with E-state index in [0.717, 1.165) is 17.3 Å². The van der Waals surface area contributed by atoms with Gasteiger partial charge in [-0.05, 0) is 37.3 Å². The lowest BCUT2D eigenvalue weighted by molar-refractivity contribution is -0.123. The highest BCUT2D eigenvalue weighted by atomic mass is 16.2. The first-order chi connectivity index (χ1) is 10.1. The highest BCUT2D eigenvalue weighted by Crippen LogP contribution is 2.23. The van der Waals surface area contributed by atoms with Crippen molar-refractivity contribution in [1.29, 1.82) is 0 Å². The molecule has 1 heterocycles. The summed E-state index contributed by atoms with van der Waals surface area (Å²) in [5, 5.41) is 8.61. The zero-order valence-electron chi connectivity index (χ0n) is 12.8. The lowest BCUT2D eigenvalue weighted by atomic mass is 9.86. The second-order valence-corrected chi connectivity index (χ2v) is 6.30. The third kappa shape index (κ3) is 3.09. The molecule has 1 aliphatic carbocycles. The molecule has 3 rings (SSSR count). The lowest BCUT2D eigenvalue weighted by Gasteiger charge is -2.29. The second-order valence-electron chi connectivity index (χ2n) is 6.30. The molecule has 0 aliphatic heterocycles. The van der Waals surface area contributed by atoms with Crippen LogP contribution < -0.4 is 5.32 Å². The first kappa shape index (κ1) is 14.1. The van der Waals surface area contributed by atoms with Crippen LogP contribution in [-0.4, -0.2) is 21.7 Å². The molecule has 4 nitrogen and oxygen atoms in total. The van der Waals surface area contributed by atoms with Crippen molar-refractivity contribution >= 4 is 16.8 Å². The fourth-order valence-electron chi connectivity index (χ4n) is 3.23. The molecule has 4 heteroatoms. The molecule has 2 atom stereocenters. The molecule has 0 saturated heterocycles. The monoisotopic (exact) mass is 285 g/mol. The largest absolute Gasteiger partial charge is 0.351 e. The van der Waals surface area contributed by atoms with E-state index in [0.29, 0.717) is 18.5 Å². The number of benzene rings is 1.